The molecule has 522 valence electrons. The van der Waals surface area contributed by atoms with Crippen molar-refractivity contribution in [2.24, 2.45) is 17.8 Å². The highest BCUT2D eigenvalue weighted by atomic mass is 19.1. The lowest BCUT2D eigenvalue weighted by atomic mass is 9.81. The van der Waals surface area contributed by atoms with Gasteiger partial charge in [0.25, 0.3) is 0 Å². The third-order valence-corrected chi connectivity index (χ3v) is 21.4. The monoisotopic (exact) mass is 1310 g/mol. The van der Waals surface area contributed by atoms with E-state index >= 15 is 19.2 Å². The van der Waals surface area contributed by atoms with Crippen LogP contribution < -0.4 is 16.0 Å². The van der Waals surface area contributed by atoms with E-state index in [9.17, 15) is 42.7 Å². The van der Waals surface area contributed by atoms with Crippen LogP contribution in [0.2, 0.25) is 0 Å². The molecule has 0 aromatic heterocycles. The molecule has 3 aliphatic heterocycles. The van der Waals surface area contributed by atoms with Crippen LogP contribution in [0.1, 0.15) is 174 Å². The fourth-order valence-corrected chi connectivity index (χ4v) is 14.9. The van der Waals surface area contributed by atoms with Crippen LogP contribution >= 0.6 is 0 Å². The summed E-state index contributed by atoms with van der Waals surface area (Å²) in [5.41, 5.74) is -0.818. The number of aryl methyl sites for hydroxylation is 1. The fourth-order valence-electron chi connectivity index (χ4n) is 14.9. The number of likely N-dealkylation sites (N-methyl/N-ethyl adjacent to an activating group) is 7. The zero-order valence-corrected chi connectivity index (χ0v) is 57.6. The van der Waals surface area contributed by atoms with Crippen molar-refractivity contribution in [1.82, 2.24) is 60.0 Å². The average Bonchev–Trinajstić information content (AvgIpc) is 1.15. The predicted octanol–water partition coefficient (Wildman–Crippen LogP) is 3.86. The number of piperidine rings is 1. The van der Waals surface area contributed by atoms with Gasteiger partial charge >= 0.3 is 0 Å². The number of halogens is 1. The second-order valence-electron chi connectivity index (χ2n) is 28.0. The van der Waals surface area contributed by atoms with Crippen molar-refractivity contribution in [3.63, 3.8) is 0 Å². The molecule has 3 saturated carbocycles. The van der Waals surface area contributed by atoms with Crippen LogP contribution in [-0.4, -0.2) is 251 Å². The van der Waals surface area contributed by atoms with Crippen LogP contribution in [0.25, 0.3) is 0 Å². The summed E-state index contributed by atoms with van der Waals surface area (Å²) in [6.45, 7) is 4.55. The number of carbonyl (C=O) groups excluding carboxylic acids is 12. The van der Waals surface area contributed by atoms with E-state index < -0.39 is 157 Å². The lowest BCUT2D eigenvalue weighted by Crippen LogP contribution is -2.65. The minimum atomic E-state index is -1.49. The second-order valence-corrected chi connectivity index (χ2v) is 28.0. The highest BCUT2D eigenvalue weighted by molar-refractivity contribution is 6.00. The van der Waals surface area contributed by atoms with E-state index in [1.165, 1.54) is 90.7 Å². The maximum Gasteiger partial charge on any atom is 0.248 e. The maximum atomic E-state index is 15.7. The first-order chi connectivity index (χ1) is 44.7. The Bertz CT molecular complexity index is 2870. The Balaban J connectivity index is 1.25. The van der Waals surface area contributed by atoms with Gasteiger partial charge in [-0.3, -0.25) is 57.5 Å². The Morgan fingerprint density at radius 3 is 1.82 bits per heavy atom. The van der Waals surface area contributed by atoms with Gasteiger partial charge < -0.3 is 60.0 Å². The molecule has 0 bridgehead atoms. The summed E-state index contributed by atoms with van der Waals surface area (Å²) >= 11 is 0. The van der Waals surface area contributed by atoms with Gasteiger partial charge in [0.2, 0.25) is 70.9 Å². The number of likely N-dealkylation sites (tertiary alicyclic amines) is 1. The van der Waals surface area contributed by atoms with Crippen LogP contribution in [-0.2, 0) is 64.0 Å². The van der Waals surface area contributed by atoms with Crippen molar-refractivity contribution < 1.29 is 61.9 Å². The summed E-state index contributed by atoms with van der Waals surface area (Å²) in [5.74, 6) is -8.25. The Hall–Kier alpha value is -7.21. The number of nitrogens with one attached hydrogen (secondary N) is 3. The minimum Gasteiger partial charge on any atom is -0.343 e. The van der Waals surface area contributed by atoms with Gasteiger partial charge in [-0.1, -0.05) is 96.6 Å². The summed E-state index contributed by atoms with van der Waals surface area (Å²) < 4.78 is 14.1. The van der Waals surface area contributed by atoms with Crippen molar-refractivity contribution in [1.29, 1.82) is 0 Å². The number of nitrogens with zero attached hydrogens (tertiary/aromatic N) is 9. The third kappa shape index (κ3) is 18.4. The molecule has 0 radical (unpaired) electrons. The zero-order valence-electron chi connectivity index (χ0n) is 57.6. The molecular formula is C69H107FN12O12. The predicted molar refractivity (Wildman–Crippen MR) is 350 cm³/mol. The molecule has 1 unspecified atom stereocenters. The number of carbonyl (C=O) groups is 12. The first kappa shape index (κ1) is 74.2. The molecule has 6 aliphatic rings. The van der Waals surface area contributed by atoms with E-state index in [4.69, 9.17) is 0 Å². The minimum absolute atomic E-state index is 0.0260. The van der Waals surface area contributed by atoms with Crippen LogP contribution in [0.4, 0.5) is 4.39 Å². The van der Waals surface area contributed by atoms with Gasteiger partial charge in [-0.05, 0) is 119 Å². The number of rotatable bonds is 9. The first-order valence-electron chi connectivity index (χ1n) is 34.7. The quantitative estimate of drug-likeness (QED) is 0.318. The van der Waals surface area contributed by atoms with Gasteiger partial charge in [0.15, 0.2) is 0 Å². The Labute approximate surface area is 555 Å². The molecule has 25 heteroatoms. The van der Waals surface area contributed by atoms with Crippen molar-refractivity contribution >= 4 is 70.9 Å². The molecule has 94 heavy (non-hydrogen) atoms. The SMILES string of the molecule is CC[C@H](C)[C@@H]1NC(=O)[C@H](C)N(C)C(=O)C[C@@H](C(=O)N2CCCCC2)N(C)C(=O)[C@H](C2CCCCC2)N(C)C(=O)C2(CCCC2)NC(=O)C2CCCN2C(=O)[C@H](CCc2ccc(F)cc2)NC(=O)CN(C)C(=O)[C@H](CC2CCCCC2)N(C)C(=O)CN(C)C(=O)CN(C)C1=O. The Morgan fingerprint density at radius 2 is 1.19 bits per heavy atom. The van der Waals surface area contributed by atoms with E-state index in [1.807, 2.05) is 6.92 Å². The Morgan fingerprint density at radius 1 is 0.596 bits per heavy atom. The van der Waals surface area contributed by atoms with E-state index in [2.05, 4.69) is 16.0 Å². The van der Waals surface area contributed by atoms with Crippen LogP contribution in [0, 0.1) is 23.6 Å². The average molecular weight is 1320 g/mol. The molecule has 3 aliphatic carbocycles. The van der Waals surface area contributed by atoms with Crippen LogP contribution in [0.15, 0.2) is 24.3 Å². The molecule has 1 aromatic carbocycles. The maximum absolute atomic E-state index is 15.7. The van der Waals surface area contributed by atoms with Gasteiger partial charge in [-0.15, -0.1) is 0 Å². The molecule has 6 fully saturated rings. The Kier molecular flexibility index (Phi) is 26.8. The summed E-state index contributed by atoms with van der Waals surface area (Å²) in [4.78, 5) is 189. The van der Waals surface area contributed by atoms with Crippen molar-refractivity contribution in [3.8, 4) is 0 Å². The number of hydrogen-bond acceptors (Lipinski definition) is 12. The highest BCUT2D eigenvalue weighted by Gasteiger charge is 2.51. The molecular weight excluding hydrogens is 1210 g/mol. The lowest BCUT2D eigenvalue weighted by molar-refractivity contribution is -0.157. The van der Waals surface area contributed by atoms with E-state index in [1.54, 1.807) is 31.0 Å². The molecule has 3 heterocycles. The van der Waals surface area contributed by atoms with Gasteiger partial charge in [0.1, 0.15) is 53.6 Å². The molecule has 3 saturated heterocycles. The number of amides is 12. The largest absolute Gasteiger partial charge is 0.343 e. The fraction of sp³-hybridized carbons (Fsp3) is 0.739. The molecule has 1 aromatic rings. The highest BCUT2D eigenvalue weighted by Crippen LogP contribution is 2.37. The standard InChI is InChI=1S/C69H107FN12O12/c1-11-45(2)59-66(92)76(6)43-57(85)74(4)44-58(86)78(8)53(40-48-24-15-12-16-25-48)64(90)75(5)42-55(83)71-51(34-31-47-29-32-50(70)33-30-47)63(89)82-39-23-28-52(82)62(88)73-69(35-19-20-36-69)68(94)80(10)60(49-26-17-13-18-27-49)67(93)79(9)54(65(91)81-37-21-14-22-38-81)41-56(84)77(7)46(3)61(87)72-59/h29-30,32-33,45-46,48-49,51-54,59-60H,11-28,31,34-44H2,1-10H3,(H,71,83)(H,72,87)(H,73,88)/t45-,46-,51-,52?,53-,54-,59-,60-/m0/s1. The van der Waals surface area contributed by atoms with Crippen LogP contribution in [0.3, 0.4) is 0 Å². The summed E-state index contributed by atoms with van der Waals surface area (Å²) in [6, 6.07) is -2.46. The second kappa shape index (κ2) is 33.9. The first-order valence-corrected chi connectivity index (χ1v) is 34.7. The topological polar surface area (TPSA) is 270 Å². The molecule has 7 rings (SSSR count). The summed E-state index contributed by atoms with van der Waals surface area (Å²) in [7, 11) is 10.2. The zero-order chi connectivity index (χ0) is 68.7. The molecule has 24 nitrogen and oxygen atoms in total. The normalized spacial score (nSPS) is 27.6. The number of fused-ring (bicyclic) bond motifs is 1. The van der Waals surface area contributed by atoms with Gasteiger partial charge in [0, 0.05) is 69.0 Å². The molecule has 8 atom stereocenters. The molecule has 12 amide bonds. The third-order valence-electron chi connectivity index (χ3n) is 21.4. The van der Waals surface area contributed by atoms with Crippen LogP contribution in [0.5, 0.6) is 0 Å². The lowest BCUT2D eigenvalue weighted by Gasteiger charge is -2.43. The number of benzene rings is 1. The van der Waals surface area contributed by atoms with E-state index in [-0.39, 0.29) is 56.9 Å². The molecule has 3 N–H and O–H groups in total. The van der Waals surface area contributed by atoms with E-state index in [0.29, 0.717) is 70.0 Å². The van der Waals surface area contributed by atoms with Crippen molar-refractivity contribution in [2.75, 3.05) is 88.6 Å². The van der Waals surface area contributed by atoms with Gasteiger partial charge in [-0.2, -0.15) is 0 Å². The summed E-state index contributed by atoms with van der Waals surface area (Å²) in [6.07, 6.45) is 13.2. The summed E-state index contributed by atoms with van der Waals surface area (Å²) in [5, 5.41) is 8.82. The van der Waals surface area contributed by atoms with Crippen molar-refractivity contribution in [2.45, 2.75) is 223 Å². The smallest absolute Gasteiger partial charge is 0.248 e. The molecule has 1 spiro atoms. The van der Waals surface area contributed by atoms with Gasteiger partial charge in [-0.25, -0.2) is 4.39 Å². The van der Waals surface area contributed by atoms with E-state index in [0.717, 1.165) is 67.6 Å². The number of hydrogen-bond donors (Lipinski definition) is 3. The van der Waals surface area contributed by atoms with Crippen molar-refractivity contribution in [3.05, 3.63) is 35.6 Å². The van der Waals surface area contributed by atoms with Gasteiger partial charge in [0.05, 0.1) is 26.1 Å².